The fourth-order valence-electron chi connectivity index (χ4n) is 3.94. The molecule has 39 heavy (non-hydrogen) atoms. The fourth-order valence-corrected chi connectivity index (χ4v) is 3.94. The largest absolute Gasteiger partial charge is 0.481 e. The maximum Gasteiger partial charge on any atom is 0.326 e. The maximum atomic E-state index is 12.2. The number of esters is 2. The number of hydrogen-bond donors (Lipinski definition) is 2. The van der Waals surface area contributed by atoms with Crippen molar-refractivity contribution in [2.45, 2.75) is 168 Å². The third-order valence-electron chi connectivity index (χ3n) is 5.87. The molecular formula is C30H57NO8. The Morgan fingerprint density at radius 3 is 1.51 bits per heavy atom. The van der Waals surface area contributed by atoms with Gasteiger partial charge in [0.2, 0.25) is 0 Å². The standard InChI is InChI=1S/C30H57NO8/c1-29(2,3)37-27(34)21-19-17-15-13-11-9-7-8-10-12-14-16-18-20-24-36-39-31-25(22-23-26(32)33)28(35)38-30(4,5)6/h25,31H,7-24H2,1-6H3,(H,32,33)/t25-/m0/s1. The molecule has 0 saturated heterocycles. The monoisotopic (exact) mass is 559 g/mol. The van der Waals surface area contributed by atoms with Crippen LogP contribution in [0.25, 0.3) is 0 Å². The number of aliphatic carboxylic acids is 1. The Hall–Kier alpha value is -1.71. The third-order valence-corrected chi connectivity index (χ3v) is 5.87. The molecule has 0 aromatic rings. The van der Waals surface area contributed by atoms with Gasteiger partial charge < -0.3 is 14.6 Å². The number of carbonyl (C=O) groups is 3. The van der Waals surface area contributed by atoms with Crippen LogP contribution < -0.4 is 5.48 Å². The van der Waals surface area contributed by atoms with E-state index in [2.05, 4.69) is 5.48 Å². The van der Waals surface area contributed by atoms with E-state index in [1.54, 1.807) is 20.8 Å². The van der Waals surface area contributed by atoms with E-state index in [0.717, 1.165) is 32.1 Å². The summed E-state index contributed by atoms with van der Waals surface area (Å²) >= 11 is 0. The van der Waals surface area contributed by atoms with E-state index in [9.17, 15) is 14.4 Å². The van der Waals surface area contributed by atoms with Crippen molar-refractivity contribution in [3.05, 3.63) is 0 Å². The average Bonchev–Trinajstić information content (AvgIpc) is 2.79. The van der Waals surface area contributed by atoms with Gasteiger partial charge in [0, 0.05) is 12.8 Å². The first-order chi connectivity index (χ1) is 18.3. The molecule has 0 aromatic carbocycles. The topological polar surface area (TPSA) is 120 Å². The van der Waals surface area contributed by atoms with Crippen LogP contribution in [0.15, 0.2) is 0 Å². The number of carboxylic acid groups (broad SMARTS) is 1. The number of carboxylic acids is 1. The maximum absolute atomic E-state index is 12.2. The molecule has 9 heteroatoms. The highest BCUT2D eigenvalue weighted by atomic mass is 17.3. The lowest BCUT2D eigenvalue weighted by atomic mass is 10.0. The van der Waals surface area contributed by atoms with E-state index < -0.39 is 23.6 Å². The van der Waals surface area contributed by atoms with Gasteiger partial charge in [0.05, 0.1) is 6.61 Å². The average molecular weight is 560 g/mol. The number of hydroxylamine groups is 1. The van der Waals surface area contributed by atoms with Crippen LogP contribution in [0.4, 0.5) is 0 Å². The zero-order valence-corrected chi connectivity index (χ0v) is 25.6. The molecule has 0 aliphatic carbocycles. The van der Waals surface area contributed by atoms with Gasteiger partial charge in [-0.1, -0.05) is 77.0 Å². The van der Waals surface area contributed by atoms with Crippen LogP contribution in [0.3, 0.4) is 0 Å². The van der Waals surface area contributed by atoms with E-state index >= 15 is 0 Å². The summed E-state index contributed by atoms with van der Waals surface area (Å²) in [5.74, 6) is -1.65. The predicted octanol–water partition coefficient (Wildman–Crippen LogP) is 7.21. The minimum absolute atomic E-state index is 0.0466. The summed E-state index contributed by atoms with van der Waals surface area (Å²) in [6.45, 7) is 11.4. The summed E-state index contributed by atoms with van der Waals surface area (Å²) in [6.07, 6.45) is 16.8. The molecule has 0 saturated carbocycles. The van der Waals surface area contributed by atoms with Crippen LogP contribution >= 0.6 is 0 Å². The van der Waals surface area contributed by atoms with E-state index in [0.29, 0.717) is 13.0 Å². The highest BCUT2D eigenvalue weighted by Gasteiger charge is 2.26. The Bertz CT molecular complexity index is 654. The molecule has 9 nitrogen and oxygen atoms in total. The van der Waals surface area contributed by atoms with Crippen molar-refractivity contribution in [3.63, 3.8) is 0 Å². The summed E-state index contributed by atoms with van der Waals surface area (Å²) in [7, 11) is 0. The Labute approximate surface area is 236 Å². The van der Waals surface area contributed by atoms with Gasteiger partial charge in [0.15, 0.2) is 0 Å². The van der Waals surface area contributed by atoms with Crippen molar-refractivity contribution in [2.24, 2.45) is 0 Å². The number of nitrogens with one attached hydrogen (secondary N) is 1. The molecule has 2 N–H and O–H groups in total. The molecule has 0 radical (unpaired) electrons. The van der Waals surface area contributed by atoms with Gasteiger partial charge >= 0.3 is 17.9 Å². The molecule has 230 valence electrons. The Morgan fingerprint density at radius 1 is 0.641 bits per heavy atom. The molecule has 0 bridgehead atoms. The van der Waals surface area contributed by atoms with Gasteiger partial charge in [-0.05, 0) is 60.8 Å². The molecule has 0 amide bonds. The highest BCUT2D eigenvalue weighted by molar-refractivity contribution is 5.77. The van der Waals surface area contributed by atoms with Crippen molar-refractivity contribution < 1.29 is 38.8 Å². The quantitative estimate of drug-likeness (QED) is 0.0547. The van der Waals surface area contributed by atoms with Crippen LogP contribution in [-0.4, -0.2) is 46.9 Å². The normalized spacial score (nSPS) is 12.8. The highest BCUT2D eigenvalue weighted by Crippen LogP contribution is 2.15. The van der Waals surface area contributed by atoms with Crippen LogP contribution in [-0.2, 0) is 33.7 Å². The molecule has 0 spiro atoms. The summed E-state index contributed by atoms with van der Waals surface area (Å²) in [5.41, 5.74) is 1.43. The smallest absolute Gasteiger partial charge is 0.326 e. The van der Waals surface area contributed by atoms with Gasteiger partial charge in [-0.15, -0.1) is 4.99 Å². The molecule has 0 unspecified atom stereocenters. The van der Waals surface area contributed by atoms with Gasteiger partial charge in [-0.3, -0.25) is 14.4 Å². The van der Waals surface area contributed by atoms with Crippen LogP contribution in [0.2, 0.25) is 0 Å². The fraction of sp³-hybridized carbons (Fsp3) is 0.900. The summed E-state index contributed by atoms with van der Waals surface area (Å²) in [5, 5.41) is 8.88. The number of ether oxygens (including phenoxy) is 2. The van der Waals surface area contributed by atoms with Crippen molar-refractivity contribution in [2.75, 3.05) is 6.61 Å². The molecule has 0 fully saturated rings. The first-order valence-corrected chi connectivity index (χ1v) is 15.0. The van der Waals surface area contributed by atoms with E-state index in [-0.39, 0.29) is 24.4 Å². The van der Waals surface area contributed by atoms with Crippen LogP contribution in [0.5, 0.6) is 0 Å². The zero-order chi connectivity index (χ0) is 29.6. The molecule has 0 aliphatic rings. The molecule has 0 heterocycles. The number of carbonyl (C=O) groups excluding carboxylic acids is 2. The van der Waals surface area contributed by atoms with Crippen molar-refractivity contribution in [1.82, 2.24) is 5.48 Å². The summed E-state index contributed by atoms with van der Waals surface area (Å²) < 4.78 is 10.6. The first-order valence-electron chi connectivity index (χ1n) is 15.0. The lowest BCUT2D eigenvalue weighted by Crippen LogP contribution is -2.41. The summed E-state index contributed by atoms with van der Waals surface area (Å²) in [6, 6.07) is -0.906. The second-order valence-corrected chi connectivity index (χ2v) is 12.3. The lowest BCUT2D eigenvalue weighted by Gasteiger charge is -2.23. The molecule has 0 rings (SSSR count). The van der Waals surface area contributed by atoms with Gasteiger partial charge in [-0.2, -0.15) is 5.48 Å². The molecule has 1 atom stereocenters. The minimum atomic E-state index is -0.994. The Kier molecular flexibility index (Phi) is 21.1. The summed E-state index contributed by atoms with van der Waals surface area (Å²) in [4.78, 5) is 44.8. The Morgan fingerprint density at radius 2 is 1.08 bits per heavy atom. The van der Waals surface area contributed by atoms with Crippen molar-refractivity contribution in [1.29, 1.82) is 0 Å². The van der Waals surface area contributed by atoms with Crippen molar-refractivity contribution >= 4 is 17.9 Å². The number of rotatable bonds is 24. The van der Waals surface area contributed by atoms with Crippen LogP contribution in [0.1, 0.15) is 151 Å². The van der Waals surface area contributed by atoms with E-state index in [1.807, 2.05) is 20.8 Å². The molecule has 0 aliphatic heterocycles. The zero-order valence-electron chi connectivity index (χ0n) is 25.6. The lowest BCUT2D eigenvalue weighted by molar-refractivity contribution is -0.342. The van der Waals surface area contributed by atoms with Gasteiger partial charge in [0.1, 0.15) is 17.2 Å². The van der Waals surface area contributed by atoms with E-state index in [4.69, 9.17) is 24.5 Å². The predicted molar refractivity (Wildman–Crippen MR) is 152 cm³/mol. The van der Waals surface area contributed by atoms with Crippen molar-refractivity contribution in [3.8, 4) is 0 Å². The number of unbranched alkanes of at least 4 members (excludes halogenated alkanes) is 13. The molecular weight excluding hydrogens is 502 g/mol. The second kappa shape index (κ2) is 22.0. The third kappa shape index (κ3) is 27.6. The molecule has 0 aromatic heterocycles. The minimum Gasteiger partial charge on any atom is -0.481 e. The Balaban J connectivity index is 3.54. The van der Waals surface area contributed by atoms with Gasteiger partial charge in [-0.25, -0.2) is 4.89 Å². The first kappa shape index (κ1) is 37.3. The SMILES string of the molecule is CC(C)(C)OC(=O)CCCCCCCCCCCCCCCCOON[C@@H](CCC(=O)O)C(=O)OC(C)(C)C. The van der Waals surface area contributed by atoms with Crippen LogP contribution in [0, 0.1) is 0 Å². The van der Waals surface area contributed by atoms with E-state index in [1.165, 1.54) is 57.8 Å². The number of hydrogen-bond acceptors (Lipinski definition) is 8. The second-order valence-electron chi connectivity index (χ2n) is 12.3. The van der Waals surface area contributed by atoms with Gasteiger partial charge in [0.25, 0.3) is 0 Å².